The molecule has 0 saturated heterocycles. The van der Waals surface area contributed by atoms with Crippen molar-refractivity contribution in [2.75, 3.05) is 5.73 Å². The zero-order valence-electron chi connectivity index (χ0n) is 12.6. The third kappa shape index (κ3) is 3.28. The molecule has 3 N–H and O–H groups in total. The van der Waals surface area contributed by atoms with Crippen molar-refractivity contribution in [1.82, 2.24) is 4.72 Å². The predicted octanol–water partition coefficient (Wildman–Crippen LogP) is 2.83. The first kappa shape index (κ1) is 15.6. The summed E-state index contributed by atoms with van der Waals surface area (Å²) in [5.74, 6) is 1.47. The van der Waals surface area contributed by atoms with Gasteiger partial charge in [-0.1, -0.05) is 6.07 Å². The van der Waals surface area contributed by atoms with E-state index in [2.05, 4.69) is 4.72 Å². The third-order valence-corrected chi connectivity index (χ3v) is 4.98. The van der Waals surface area contributed by atoms with Gasteiger partial charge in [0.15, 0.2) is 0 Å². The van der Waals surface area contributed by atoms with Crippen LogP contribution in [0.15, 0.2) is 33.6 Å². The average molecular weight is 308 g/mol. The Morgan fingerprint density at radius 3 is 2.38 bits per heavy atom. The van der Waals surface area contributed by atoms with Crippen molar-refractivity contribution >= 4 is 15.7 Å². The number of hydrogen-bond donors (Lipinski definition) is 2. The number of aryl methyl sites for hydroxylation is 3. The topological polar surface area (TPSA) is 85.3 Å². The minimum Gasteiger partial charge on any atom is -0.466 e. The summed E-state index contributed by atoms with van der Waals surface area (Å²) >= 11 is 0. The number of sulfonamides is 1. The highest BCUT2D eigenvalue weighted by molar-refractivity contribution is 7.89. The monoisotopic (exact) mass is 308 g/mol. The van der Waals surface area contributed by atoms with Crippen molar-refractivity contribution in [3.05, 3.63) is 46.9 Å². The largest absolute Gasteiger partial charge is 0.466 e. The van der Waals surface area contributed by atoms with Crippen LogP contribution in [0.3, 0.4) is 0 Å². The van der Waals surface area contributed by atoms with Crippen LogP contribution in [0, 0.1) is 20.8 Å². The SMILES string of the molecule is Cc1cc(C(C)NS(=O)(=O)c2ccc(C)c(N)c2)c(C)o1. The Balaban J connectivity index is 2.28. The molecule has 1 aromatic heterocycles. The molecule has 0 amide bonds. The summed E-state index contributed by atoms with van der Waals surface area (Å²) in [6, 6.07) is 6.18. The summed E-state index contributed by atoms with van der Waals surface area (Å²) in [5, 5.41) is 0. The van der Waals surface area contributed by atoms with Crippen molar-refractivity contribution in [3.63, 3.8) is 0 Å². The van der Waals surface area contributed by atoms with Crippen LogP contribution in [0.25, 0.3) is 0 Å². The summed E-state index contributed by atoms with van der Waals surface area (Å²) in [5.41, 5.74) is 7.92. The molecule has 0 aliphatic carbocycles. The molecular formula is C15H20N2O3S. The van der Waals surface area contributed by atoms with Crippen LogP contribution in [-0.4, -0.2) is 8.42 Å². The van der Waals surface area contributed by atoms with Crippen LogP contribution in [0.4, 0.5) is 5.69 Å². The van der Waals surface area contributed by atoms with Crippen LogP contribution < -0.4 is 10.5 Å². The van der Waals surface area contributed by atoms with E-state index in [4.69, 9.17) is 10.2 Å². The first-order chi connectivity index (χ1) is 9.70. The standard InChI is InChI=1S/C15H20N2O3S/c1-9-5-6-13(8-15(9)16)21(18,19)17-11(3)14-7-10(2)20-12(14)4/h5-8,11,17H,16H2,1-4H3. The zero-order chi connectivity index (χ0) is 15.8. The van der Waals surface area contributed by atoms with Crippen LogP contribution in [-0.2, 0) is 10.0 Å². The van der Waals surface area contributed by atoms with Gasteiger partial charge in [0.05, 0.1) is 4.90 Å². The molecule has 1 unspecified atom stereocenters. The summed E-state index contributed by atoms with van der Waals surface area (Å²) in [6.07, 6.45) is 0. The van der Waals surface area contributed by atoms with Gasteiger partial charge in [0.2, 0.25) is 10.0 Å². The van der Waals surface area contributed by atoms with E-state index in [9.17, 15) is 8.42 Å². The van der Waals surface area contributed by atoms with Gasteiger partial charge in [-0.25, -0.2) is 13.1 Å². The number of furan rings is 1. The van der Waals surface area contributed by atoms with Crippen LogP contribution >= 0.6 is 0 Å². The molecular weight excluding hydrogens is 288 g/mol. The van der Waals surface area contributed by atoms with E-state index in [0.29, 0.717) is 11.4 Å². The van der Waals surface area contributed by atoms with E-state index in [1.807, 2.05) is 26.8 Å². The molecule has 21 heavy (non-hydrogen) atoms. The first-order valence-electron chi connectivity index (χ1n) is 6.66. The molecule has 6 heteroatoms. The lowest BCUT2D eigenvalue weighted by atomic mass is 10.1. The van der Waals surface area contributed by atoms with Gasteiger partial charge in [-0.3, -0.25) is 0 Å². The van der Waals surface area contributed by atoms with Gasteiger partial charge in [0, 0.05) is 17.3 Å². The molecule has 1 aromatic carbocycles. The summed E-state index contributed by atoms with van der Waals surface area (Å²) < 4.78 is 32.9. The van der Waals surface area contributed by atoms with Gasteiger partial charge < -0.3 is 10.2 Å². The van der Waals surface area contributed by atoms with Crippen molar-refractivity contribution in [3.8, 4) is 0 Å². The number of nitrogens with one attached hydrogen (secondary N) is 1. The Bertz CT molecular complexity index is 763. The smallest absolute Gasteiger partial charge is 0.241 e. The maximum atomic E-state index is 12.4. The van der Waals surface area contributed by atoms with Crippen molar-refractivity contribution in [2.24, 2.45) is 0 Å². The highest BCUT2D eigenvalue weighted by atomic mass is 32.2. The van der Waals surface area contributed by atoms with E-state index in [0.717, 1.165) is 16.9 Å². The molecule has 114 valence electrons. The lowest BCUT2D eigenvalue weighted by molar-refractivity contribution is 0.496. The number of rotatable bonds is 4. The number of nitrogen functional groups attached to an aromatic ring is 1. The average Bonchev–Trinajstić information content (AvgIpc) is 2.71. The van der Waals surface area contributed by atoms with Crippen LogP contribution in [0.2, 0.25) is 0 Å². The second kappa shape index (κ2) is 5.54. The number of hydrogen-bond acceptors (Lipinski definition) is 4. The second-order valence-electron chi connectivity index (χ2n) is 5.23. The van der Waals surface area contributed by atoms with Gasteiger partial charge in [-0.05, 0) is 51.5 Å². The molecule has 1 atom stereocenters. The number of benzene rings is 1. The van der Waals surface area contributed by atoms with Crippen molar-refractivity contribution in [1.29, 1.82) is 0 Å². The van der Waals surface area contributed by atoms with E-state index in [1.54, 1.807) is 19.1 Å². The molecule has 0 fully saturated rings. The number of nitrogens with two attached hydrogens (primary N) is 1. The van der Waals surface area contributed by atoms with Crippen LogP contribution in [0.1, 0.15) is 35.6 Å². The molecule has 0 bridgehead atoms. The van der Waals surface area contributed by atoms with E-state index < -0.39 is 10.0 Å². The Morgan fingerprint density at radius 1 is 1.19 bits per heavy atom. The first-order valence-corrected chi connectivity index (χ1v) is 8.14. The van der Waals surface area contributed by atoms with Gasteiger partial charge in [-0.15, -0.1) is 0 Å². The summed E-state index contributed by atoms with van der Waals surface area (Å²) in [7, 11) is -3.63. The Labute approximate surface area is 125 Å². The van der Waals surface area contributed by atoms with Crippen molar-refractivity contribution < 1.29 is 12.8 Å². The van der Waals surface area contributed by atoms with E-state index >= 15 is 0 Å². The molecule has 0 radical (unpaired) electrons. The zero-order valence-corrected chi connectivity index (χ0v) is 13.4. The van der Waals surface area contributed by atoms with Gasteiger partial charge >= 0.3 is 0 Å². The van der Waals surface area contributed by atoms with Crippen LogP contribution in [0.5, 0.6) is 0 Å². The lowest BCUT2D eigenvalue weighted by Gasteiger charge is -2.14. The van der Waals surface area contributed by atoms with E-state index in [1.165, 1.54) is 6.07 Å². The molecule has 2 aromatic rings. The fourth-order valence-electron chi connectivity index (χ4n) is 2.23. The van der Waals surface area contributed by atoms with E-state index in [-0.39, 0.29) is 10.9 Å². The highest BCUT2D eigenvalue weighted by Gasteiger charge is 2.21. The maximum Gasteiger partial charge on any atom is 0.241 e. The van der Waals surface area contributed by atoms with Gasteiger partial charge in [0.25, 0.3) is 0 Å². The maximum absolute atomic E-state index is 12.4. The fraction of sp³-hybridized carbons (Fsp3) is 0.333. The third-order valence-electron chi connectivity index (χ3n) is 3.44. The lowest BCUT2D eigenvalue weighted by Crippen LogP contribution is -2.27. The normalized spacial score (nSPS) is 13.3. The van der Waals surface area contributed by atoms with Gasteiger partial charge in [0.1, 0.15) is 11.5 Å². The van der Waals surface area contributed by atoms with Crippen molar-refractivity contribution in [2.45, 2.75) is 38.6 Å². The Hall–Kier alpha value is -1.79. The molecule has 0 saturated carbocycles. The minimum atomic E-state index is -3.63. The highest BCUT2D eigenvalue weighted by Crippen LogP contribution is 2.24. The molecule has 2 rings (SSSR count). The summed E-state index contributed by atoms with van der Waals surface area (Å²) in [4.78, 5) is 0.162. The Kier molecular flexibility index (Phi) is 4.11. The molecule has 0 aliphatic rings. The minimum absolute atomic E-state index is 0.162. The van der Waals surface area contributed by atoms with Gasteiger partial charge in [-0.2, -0.15) is 0 Å². The Morgan fingerprint density at radius 2 is 1.86 bits per heavy atom. The molecule has 1 heterocycles. The predicted molar refractivity (Wildman–Crippen MR) is 82.5 cm³/mol. The summed E-state index contributed by atoms with van der Waals surface area (Å²) in [6.45, 7) is 7.27. The fourth-order valence-corrected chi connectivity index (χ4v) is 3.49. The second-order valence-corrected chi connectivity index (χ2v) is 6.94. The molecule has 0 spiro atoms. The number of anilines is 1. The quantitative estimate of drug-likeness (QED) is 0.850. The molecule has 0 aliphatic heterocycles. The molecule has 5 nitrogen and oxygen atoms in total.